The zero-order valence-corrected chi connectivity index (χ0v) is 15.5. The van der Waals surface area contributed by atoms with Gasteiger partial charge in [0.1, 0.15) is 0 Å². The summed E-state index contributed by atoms with van der Waals surface area (Å²) in [6.07, 6.45) is 14.4. The van der Waals surface area contributed by atoms with Crippen LogP contribution in [0.4, 0.5) is 0 Å². The highest BCUT2D eigenvalue weighted by Crippen LogP contribution is 2.32. The van der Waals surface area contributed by atoms with Crippen molar-refractivity contribution in [3.8, 4) is 0 Å². The van der Waals surface area contributed by atoms with Crippen LogP contribution in [-0.2, 0) is 0 Å². The molecule has 1 amide bonds. The van der Waals surface area contributed by atoms with Gasteiger partial charge in [0, 0.05) is 43.2 Å². The molecular formula is C20H21ClN4O. The Morgan fingerprint density at radius 1 is 1.31 bits per heavy atom. The lowest BCUT2D eigenvalue weighted by Gasteiger charge is -2.23. The highest BCUT2D eigenvalue weighted by molar-refractivity contribution is 6.32. The van der Waals surface area contributed by atoms with Gasteiger partial charge in [0.2, 0.25) is 0 Å². The Kier molecular flexibility index (Phi) is 4.72. The highest BCUT2D eigenvalue weighted by atomic mass is 35.5. The first-order valence-corrected chi connectivity index (χ1v) is 9.43. The van der Waals surface area contributed by atoms with E-state index >= 15 is 0 Å². The minimum Gasteiger partial charge on any atom is -0.337 e. The minimum absolute atomic E-state index is 0.138. The number of aromatic nitrogens is 2. The second kappa shape index (κ2) is 7.16. The van der Waals surface area contributed by atoms with E-state index in [4.69, 9.17) is 11.6 Å². The maximum atomic E-state index is 12.9. The van der Waals surface area contributed by atoms with Crippen molar-refractivity contribution in [1.29, 1.82) is 0 Å². The van der Waals surface area contributed by atoms with Crippen molar-refractivity contribution >= 4 is 23.2 Å². The normalized spacial score (nSPS) is 21.0. The minimum atomic E-state index is -0.138. The fourth-order valence-electron chi connectivity index (χ4n) is 3.37. The van der Waals surface area contributed by atoms with Gasteiger partial charge in [-0.25, -0.2) is 9.97 Å². The molecule has 3 aliphatic rings. The summed E-state index contributed by atoms with van der Waals surface area (Å²) < 4.78 is 0. The molecule has 1 aliphatic heterocycles. The standard InChI is InChI=1S/C20H21ClN4O/c1-13-3-2-4-16-15(11-24-17(13)16)7-10-25(12-14-5-6-14)20(26)18-19(21)23-9-8-22-18/h2-4,8-9,11,13-14H,5-7,10,12H2,1H3/t13-/m0/s1. The maximum Gasteiger partial charge on any atom is 0.275 e. The molecule has 0 N–H and O–H groups in total. The van der Waals surface area contributed by atoms with E-state index in [1.807, 2.05) is 11.1 Å². The van der Waals surface area contributed by atoms with Crippen LogP contribution in [0.5, 0.6) is 0 Å². The average molecular weight is 369 g/mol. The van der Waals surface area contributed by atoms with Gasteiger partial charge in [-0.3, -0.25) is 9.79 Å². The number of hydrogen-bond acceptors (Lipinski definition) is 4. The van der Waals surface area contributed by atoms with Crippen LogP contribution >= 0.6 is 11.6 Å². The summed E-state index contributed by atoms with van der Waals surface area (Å²) in [5.74, 6) is 0.794. The number of aliphatic imine (C=N–C) groups is 1. The fourth-order valence-corrected chi connectivity index (χ4v) is 3.56. The van der Waals surface area contributed by atoms with E-state index in [2.05, 4.69) is 40.1 Å². The Balaban J connectivity index is 1.47. The molecule has 0 bridgehead atoms. The van der Waals surface area contributed by atoms with Crippen LogP contribution in [0.2, 0.25) is 5.15 Å². The number of fused-ring (bicyclic) bond motifs is 1. The number of nitrogens with zero attached hydrogens (tertiary/aromatic N) is 4. The third kappa shape index (κ3) is 3.49. The number of amides is 1. The predicted molar refractivity (Wildman–Crippen MR) is 102 cm³/mol. The van der Waals surface area contributed by atoms with Gasteiger partial charge in [-0.2, -0.15) is 0 Å². The number of halogens is 1. The van der Waals surface area contributed by atoms with Gasteiger partial charge in [0.25, 0.3) is 5.91 Å². The molecule has 1 aromatic heterocycles. The van der Waals surface area contributed by atoms with Gasteiger partial charge in [-0.05, 0) is 30.8 Å². The van der Waals surface area contributed by atoms with Gasteiger partial charge in [0.05, 0.1) is 5.71 Å². The monoisotopic (exact) mass is 368 g/mol. The van der Waals surface area contributed by atoms with E-state index in [1.54, 1.807) is 0 Å². The first-order chi connectivity index (χ1) is 12.6. The Morgan fingerprint density at radius 2 is 2.12 bits per heavy atom. The van der Waals surface area contributed by atoms with E-state index in [-0.39, 0.29) is 16.8 Å². The van der Waals surface area contributed by atoms with Gasteiger partial charge in [-0.1, -0.05) is 36.8 Å². The van der Waals surface area contributed by atoms with Crippen molar-refractivity contribution in [3.63, 3.8) is 0 Å². The number of rotatable bonds is 6. The lowest BCUT2D eigenvalue weighted by molar-refractivity contribution is 0.0743. The molecule has 2 heterocycles. The second-order valence-corrected chi connectivity index (χ2v) is 7.42. The summed E-state index contributed by atoms with van der Waals surface area (Å²) in [5, 5.41) is 0.165. The van der Waals surface area contributed by atoms with Gasteiger partial charge in [0.15, 0.2) is 10.8 Å². The first-order valence-electron chi connectivity index (χ1n) is 9.05. The van der Waals surface area contributed by atoms with Crippen molar-refractivity contribution in [3.05, 3.63) is 58.8 Å². The molecule has 1 atom stereocenters. The summed E-state index contributed by atoms with van der Waals surface area (Å²) in [6.45, 7) is 3.53. The van der Waals surface area contributed by atoms with E-state index in [1.165, 1.54) is 36.4 Å². The number of allylic oxidation sites excluding steroid dienone is 4. The number of carbonyl (C=O) groups excluding carboxylic acids is 1. The molecule has 4 rings (SSSR count). The van der Waals surface area contributed by atoms with E-state index < -0.39 is 0 Å². The molecule has 1 fully saturated rings. The molecule has 0 radical (unpaired) electrons. The molecule has 1 saturated carbocycles. The summed E-state index contributed by atoms with van der Waals surface area (Å²) >= 11 is 6.08. The van der Waals surface area contributed by atoms with Crippen molar-refractivity contribution in [2.75, 3.05) is 13.1 Å². The Labute approximate surface area is 158 Å². The SMILES string of the molecule is C[C@H]1C=CC=C2C(CCN(CC3CC3)C(=O)c3nccnc3Cl)=CN=C21. The largest absolute Gasteiger partial charge is 0.337 e. The van der Waals surface area contributed by atoms with Crippen molar-refractivity contribution in [2.45, 2.75) is 26.2 Å². The molecule has 0 spiro atoms. The smallest absolute Gasteiger partial charge is 0.275 e. The summed E-state index contributed by atoms with van der Waals surface area (Å²) in [4.78, 5) is 27.5. The molecule has 134 valence electrons. The number of carbonyl (C=O) groups is 1. The zero-order valence-electron chi connectivity index (χ0n) is 14.7. The van der Waals surface area contributed by atoms with Crippen LogP contribution in [0.15, 0.2) is 53.0 Å². The summed E-state index contributed by atoms with van der Waals surface area (Å²) in [6, 6.07) is 0. The molecule has 1 aromatic rings. The lowest BCUT2D eigenvalue weighted by Crippen LogP contribution is -2.35. The van der Waals surface area contributed by atoms with Crippen LogP contribution in [-0.4, -0.2) is 39.6 Å². The van der Waals surface area contributed by atoms with Crippen molar-refractivity contribution < 1.29 is 4.79 Å². The third-order valence-corrected chi connectivity index (χ3v) is 5.32. The third-order valence-electron chi connectivity index (χ3n) is 5.05. The van der Waals surface area contributed by atoms with Crippen LogP contribution in [0.3, 0.4) is 0 Å². The molecule has 5 nitrogen and oxygen atoms in total. The molecule has 0 aromatic carbocycles. The summed E-state index contributed by atoms with van der Waals surface area (Å²) in [5.41, 5.74) is 3.76. The van der Waals surface area contributed by atoms with Crippen LogP contribution < -0.4 is 0 Å². The zero-order chi connectivity index (χ0) is 18.1. The summed E-state index contributed by atoms with van der Waals surface area (Å²) in [7, 11) is 0. The Hall–Kier alpha value is -2.27. The molecule has 2 aliphatic carbocycles. The lowest BCUT2D eigenvalue weighted by atomic mass is 9.89. The topological polar surface area (TPSA) is 58.5 Å². The van der Waals surface area contributed by atoms with Gasteiger partial charge in [-0.15, -0.1) is 0 Å². The quantitative estimate of drug-likeness (QED) is 0.766. The Morgan fingerprint density at radius 3 is 2.88 bits per heavy atom. The van der Waals surface area contributed by atoms with E-state index in [0.29, 0.717) is 18.4 Å². The number of hydrogen-bond donors (Lipinski definition) is 0. The predicted octanol–water partition coefficient (Wildman–Crippen LogP) is 3.84. The molecule has 0 saturated heterocycles. The van der Waals surface area contributed by atoms with Gasteiger partial charge < -0.3 is 4.90 Å². The van der Waals surface area contributed by atoms with E-state index in [0.717, 1.165) is 18.7 Å². The average Bonchev–Trinajstić information content (AvgIpc) is 3.36. The molecular weight excluding hydrogens is 348 g/mol. The van der Waals surface area contributed by atoms with Crippen molar-refractivity contribution in [1.82, 2.24) is 14.9 Å². The Bertz CT molecular complexity index is 851. The van der Waals surface area contributed by atoms with Crippen LogP contribution in [0.1, 0.15) is 36.7 Å². The first kappa shape index (κ1) is 17.2. The van der Waals surface area contributed by atoms with Crippen LogP contribution in [0.25, 0.3) is 0 Å². The van der Waals surface area contributed by atoms with Crippen LogP contribution in [0, 0.1) is 11.8 Å². The molecule has 0 unspecified atom stereocenters. The van der Waals surface area contributed by atoms with Gasteiger partial charge >= 0.3 is 0 Å². The van der Waals surface area contributed by atoms with E-state index in [9.17, 15) is 4.79 Å². The van der Waals surface area contributed by atoms with Crippen molar-refractivity contribution in [2.24, 2.45) is 16.8 Å². The molecule has 26 heavy (non-hydrogen) atoms. The highest BCUT2D eigenvalue weighted by Gasteiger charge is 2.30. The molecule has 6 heteroatoms. The second-order valence-electron chi connectivity index (χ2n) is 7.06. The maximum absolute atomic E-state index is 12.9. The fraction of sp³-hybridized carbons (Fsp3) is 0.400.